The van der Waals surface area contributed by atoms with Crippen LogP contribution in [0.5, 0.6) is 0 Å². The van der Waals surface area contributed by atoms with Crippen LogP contribution in [-0.2, 0) is 0 Å². The molecule has 16 heavy (non-hydrogen) atoms. The maximum absolute atomic E-state index is 12.7. The number of anilines is 1. The van der Waals surface area contributed by atoms with Crippen LogP contribution in [0.4, 0.5) is 28.9 Å². The van der Waals surface area contributed by atoms with E-state index in [1.165, 1.54) is 0 Å². The van der Waals surface area contributed by atoms with Crippen LogP contribution in [0.1, 0.15) is 0 Å². The second-order valence-electron chi connectivity index (χ2n) is 2.89. The zero-order valence-electron chi connectivity index (χ0n) is 7.71. The Hall–Kier alpha value is -1.86. The topological polar surface area (TPSA) is 55.2 Å². The van der Waals surface area contributed by atoms with Crippen molar-refractivity contribution in [1.82, 2.24) is 0 Å². The van der Waals surface area contributed by atoms with E-state index in [9.17, 15) is 27.7 Å². The summed E-state index contributed by atoms with van der Waals surface area (Å²) in [5.41, 5.74) is -1.10. The first-order chi connectivity index (χ1) is 7.29. The van der Waals surface area contributed by atoms with Gasteiger partial charge in [0.1, 0.15) is 18.0 Å². The number of hydrogen-bond donors (Lipinski definition) is 1. The molecule has 0 fully saturated rings. The first kappa shape index (κ1) is 12.2. The molecule has 1 rings (SSSR count). The number of nitrogens with zero attached hydrogens (tertiary/aromatic N) is 1. The monoisotopic (exact) mass is 238 g/mol. The Bertz CT molecular complexity index is 406. The number of nitro groups is 1. The lowest BCUT2D eigenvalue weighted by Crippen LogP contribution is -2.21. The normalized spacial score (nSPS) is 11.2. The number of halogens is 4. The largest absolute Gasteiger partial charge is 0.405 e. The summed E-state index contributed by atoms with van der Waals surface area (Å²) in [6, 6.07) is 2.24. The first-order valence-corrected chi connectivity index (χ1v) is 4.04. The summed E-state index contributed by atoms with van der Waals surface area (Å²) < 4.78 is 48.2. The van der Waals surface area contributed by atoms with Crippen molar-refractivity contribution in [2.45, 2.75) is 6.18 Å². The molecule has 0 atom stereocenters. The highest BCUT2D eigenvalue weighted by molar-refractivity contribution is 5.61. The standard InChI is InChI=1S/C8H6F4N2O2/c9-5-1-2-7(14(15)16)6(3-5)13-4-8(10,11)12/h1-3,13H,4H2. The van der Waals surface area contributed by atoms with Gasteiger partial charge in [0, 0.05) is 12.1 Å². The van der Waals surface area contributed by atoms with Gasteiger partial charge in [0.25, 0.3) is 5.69 Å². The van der Waals surface area contributed by atoms with Crippen LogP contribution in [0.15, 0.2) is 18.2 Å². The fourth-order valence-electron chi connectivity index (χ4n) is 1.00. The molecule has 0 unspecified atom stereocenters. The van der Waals surface area contributed by atoms with Gasteiger partial charge < -0.3 is 5.32 Å². The maximum Gasteiger partial charge on any atom is 0.405 e. The smallest absolute Gasteiger partial charge is 0.371 e. The van der Waals surface area contributed by atoms with E-state index >= 15 is 0 Å². The van der Waals surface area contributed by atoms with E-state index < -0.39 is 34.8 Å². The third kappa shape index (κ3) is 3.37. The fourth-order valence-corrected chi connectivity index (χ4v) is 1.00. The molecule has 0 aliphatic carbocycles. The molecule has 0 aromatic heterocycles. The Labute approximate surface area is 87.0 Å². The van der Waals surface area contributed by atoms with Crippen molar-refractivity contribution in [2.75, 3.05) is 11.9 Å². The van der Waals surface area contributed by atoms with Crippen molar-refractivity contribution in [3.8, 4) is 0 Å². The molecule has 0 spiro atoms. The Kier molecular flexibility index (Phi) is 3.31. The molecule has 88 valence electrons. The Morgan fingerprint density at radius 3 is 2.50 bits per heavy atom. The Morgan fingerprint density at radius 1 is 1.38 bits per heavy atom. The van der Waals surface area contributed by atoms with Crippen molar-refractivity contribution < 1.29 is 22.5 Å². The lowest BCUT2D eigenvalue weighted by Gasteiger charge is -2.09. The third-order valence-corrected chi connectivity index (χ3v) is 1.63. The van der Waals surface area contributed by atoms with Crippen LogP contribution in [0.3, 0.4) is 0 Å². The number of hydrogen-bond acceptors (Lipinski definition) is 3. The van der Waals surface area contributed by atoms with Crippen LogP contribution >= 0.6 is 0 Å². The summed E-state index contributed by atoms with van der Waals surface area (Å²) in [7, 11) is 0. The maximum atomic E-state index is 12.7. The second-order valence-corrected chi connectivity index (χ2v) is 2.89. The van der Waals surface area contributed by atoms with E-state index in [0.29, 0.717) is 6.07 Å². The van der Waals surface area contributed by atoms with Gasteiger partial charge >= 0.3 is 6.18 Å². The molecule has 1 aromatic carbocycles. The molecular weight excluding hydrogens is 232 g/mol. The predicted octanol–water partition coefficient (Wildman–Crippen LogP) is 2.71. The van der Waals surface area contributed by atoms with Crippen LogP contribution in [-0.4, -0.2) is 17.6 Å². The lowest BCUT2D eigenvalue weighted by atomic mass is 10.2. The van der Waals surface area contributed by atoms with Crippen molar-refractivity contribution in [1.29, 1.82) is 0 Å². The van der Waals surface area contributed by atoms with Crippen LogP contribution in [0.25, 0.3) is 0 Å². The zero-order valence-corrected chi connectivity index (χ0v) is 7.71. The highest BCUT2D eigenvalue weighted by Gasteiger charge is 2.28. The summed E-state index contributed by atoms with van der Waals surface area (Å²) in [5, 5.41) is 12.2. The van der Waals surface area contributed by atoms with Gasteiger partial charge in [-0.15, -0.1) is 0 Å². The highest BCUT2D eigenvalue weighted by Crippen LogP contribution is 2.26. The molecule has 4 nitrogen and oxygen atoms in total. The van der Waals surface area contributed by atoms with Gasteiger partial charge in [-0.1, -0.05) is 0 Å². The van der Waals surface area contributed by atoms with Crippen LogP contribution in [0, 0.1) is 15.9 Å². The lowest BCUT2D eigenvalue weighted by molar-refractivity contribution is -0.384. The highest BCUT2D eigenvalue weighted by atomic mass is 19.4. The van der Waals surface area contributed by atoms with Gasteiger partial charge in [0.2, 0.25) is 0 Å². The summed E-state index contributed by atoms with van der Waals surface area (Å²) in [6.45, 7) is -1.46. The molecule has 1 aromatic rings. The summed E-state index contributed by atoms with van der Waals surface area (Å²) in [6.07, 6.45) is -4.53. The van der Waals surface area contributed by atoms with E-state index in [1.54, 1.807) is 5.32 Å². The van der Waals surface area contributed by atoms with E-state index in [1.807, 2.05) is 0 Å². The van der Waals surface area contributed by atoms with Crippen molar-refractivity contribution >= 4 is 11.4 Å². The van der Waals surface area contributed by atoms with E-state index in [-0.39, 0.29) is 0 Å². The predicted molar refractivity (Wildman–Crippen MR) is 47.6 cm³/mol. The SMILES string of the molecule is O=[N+]([O-])c1ccc(F)cc1NCC(F)(F)F. The number of nitrogens with one attached hydrogen (secondary N) is 1. The minimum absolute atomic E-state index is 0.498. The molecule has 1 N–H and O–H groups in total. The molecule has 0 bridgehead atoms. The Balaban J connectivity index is 2.93. The summed E-state index contributed by atoms with van der Waals surface area (Å²) >= 11 is 0. The summed E-state index contributed by atoms with van der Waals surface area (Å²) in [4.78, 5) is 9.53. The summed E-state index contributed by atoms with van der Waals surface area (Å²) in [5.74, 6) is -0.852. The molecular formula is C8H6F4N2O2. The van der Waals surface area contributed by atoms with E-state index in [0.717, 1.165) is 12.1 Å². The molecule has 0 radical (unpaired) electrons. The molecule has 0 heterocycles. The average Bonchev–Trinajstić information content (AvgIpc) is 2.13. The number of benzene rings is 1. The van der Waals surface area contributed by atoms with Gasteiger partial charge in [0.05, 0.1) is 4.92 Å². The number of nitro benzene ring substituents is 1. The fraction of sp³-hybridized carbons (Fsp3) is 0.250. The molecule has 0 amide bonds. The van der Waals surface area contributed by atoms with Crippen LogP contribution in [0.2, 0.25) is 0 Å². The van der Waals surface area contributed by atoms with Gasteiger partial charge in [-0.25, -0.2) is 4.39 Å². The zero-order chi connectivity index (χ0) is 12.3. The minimum atomic E-state index is -4.53. The molecule has 0 saturated heterocycles. The second kappa shape index (κ2) is 4.33. The van der Waals surface area contributed by atoms with E-state index in [4.69, 9.17) is 0 Å². The number of rotatable bonds is 3. The molecule has 0 aliphatic rings. The van der Waals surface area contributed by atoms with Crippen molar-refractivity contribution in [3.05, 3.63) is 34.1 Å². The van der Waals surface area contributed by atoms with Crippen molar-refractivity contribution in [2.24, 2.45) is 0 Å². The molecule has 8 heteroatoms. The number of alkyl halides is 3. The molecule has 0 saturated carbocycles. The quantitative estimate of drug-likeness (QED) is 0.500. The van der Waals surface area contributed by atoms with Crippen LogP contribution < -0.4 is 5.32 Å². The minimum Gasteiger partial charge on any atom is -0.371 e. The van der Waals surface area contributed by atoms with Crippen molar-refractivity contribution in [3.63, 3.8) is 0 Å². The van der Waals surface area contributed by atoms with Gasteiger partial charge in [0.15, 0.2) is 0 Å². The van der Waals surface area contributed by atoms with Gasteiger partial charge in [-0.2, -0.15) is 13.2 Å². The Morgan fingerprint density at radius 2 is 2.00 bits per heavy atom. The van der Waals surface area contributed by atoms with Gasteiger partial charge in [-0.05, 0) is 6.07 Å². The van der Waals surface area contributed by atoms with E-state index in [2.05, 4.69) is 0 Å². The third-order valence-electron chi connectivity index (χ3n) is 1.63. The molecule has 0 aliphatic heterocycles. The first-order valence-electron chi connectivity index (χ1n) is 4.04. The van der Waals surface area contributed by atoms with Gasteiger partial charge in [-0.3, -0.25) is 10.1 Å². The average molecular weight is 238 g/mol.